The lowest BCUT2D eigenvalue weighted by atomic mass is 9.91. The number of nitrogens with zero attached hydrogens (tertiary/aromatic N) is 1. The molecular weight excluding hydrogens is 245 g/mol. The van der Waals surface area contributed by atoms with Gasteiger partial charge in [0.25, 0.3) is 5.56 Å². The first kappa shape index (κ1) is 13.4. The van der Waals surface area contributed by atoms with Crippen LogP contribution in [0.1, 0.15) is 32.0 Å². The highest BCUT2D eigenvalue weighted by Gasteiger charge is 2.22. The quantitative estimate of drug-likeness (QED) is 0.872. The maximum Gasteiger partial charge on any atom is 0.290 e. The zero-order valence-corrected chi connectivity index (χ0v) is 11.3. The molecule has 2 aromatic rings. The molecule has 0 aliphatic carbocycles. The molecule has 0 spiro atoms. The molecule has 0 atom stereocenters. The zero-order chi connectivity index (χ0) is 14.2. The first-order valence-corrected chi connectivity index (χ1v) is 6.12. The van der Waals surface area contributed by atoms with Gasteiger partial charge >= 0.3 is 0 Å². The Kier molecular flexibility index (Phi) is 3.22. The monoisotopic (exact) mass is 263 g/mol. The van der Waals surface area contributed by atoms with E-state index in [0.717, 1.165) is 0 Å². The Morgan fingerprint density at radius 1 is 1.37 bits per heavy atom. The van der Waals surface area contributed by atoms with Gasteiger partial charge in [0.15, 0.2) is 0 Å². The van der Waals surface area contributed by atoms with Gasteiger partial charge in [-0.1, -0.05) is 32.9 Å². The Hall–Kier alpha value is -2.04. The second-order valence-electron chi connectivity index (χ2n) is 5.67. The fourth-order valence-electron chi connectivity index (χ4n) is 2.00. The van der Waals surface area contributed by atoms with E-state index in [9.17, 15) is 9.18 Å². The molecule has 0 radical (unpaired) electrons. The van der Waals surface area contributed by atoms with Crippen LogP contribution in [0.3, 0.4) is 0 Å². The summed E-state index contributed by atoms with van der Waals surface area (Å²) in [5.74, 6) is -0.318. The van der Waals surface area contributed by atoms with E-state index in [-0.39, 0.29) is 29.0 Å². The summed E-state index contributed by atoms with van der Waals surface area (Å²) in [6.45, 7) is 6.19. The van der Waals surface area contributed by atoms with E-state index < -0.39 is 0 Å². The molecule has 2 rings (SSSR count). The summed E-state index contributed by atoms with van der Waals surface area (Å²) >= 11 is 0. The average molecular weight is 263 g/mol. The summed E-state index contributed by atoms with van der Waals surface area (Å²) in [6.07, 6.45) is 0. The van der Waals surface area contributed by atoms with E-state index in [0.29, 0.717) is 11.3 Å². The van der Waals surface area contributed by atoms with Gasteiger partial charge in [-0.2, -0.15) is 0 Å². The summed E-state index contributed by atoms with van der Waals surface area (Å²) in [6, 6.07) is 6.16. The number of benzene rings is 1. The topological polar surface area (TPSA) is 63.8 Å². The summed E-state index contributed by atoms with van der Waals surface area (Å²) in [7, 11) is 0. The molecule has 0 saturated heterocycles. The molecule has 19 heavy (non-hydrogen) atoms. The van der Waals surface area contributed by atoms with Crippen molar-refractivity contribution in [1.82, 2.24) is 9.78 Å². The lowest BCUT2D eigenvalue weighted by Crippen LogP contribution is -2.19. The predicted molar refractivity (Wildman–Crippen MR) is 73.7 cm³/mol. The number of nitrogen functional groups attached to an aromatic ring is 1. The van der Waals surface area contributed by atoms with Gasteiger partial charge in [0.2, 0.25) is 0 Å². The molecule has 0 fully saturated rings. The van der Waals surface area contributed by atoms with Crippen molar-refractivity contribution < 1.29 is 4.39 Å². The van der Waals surface area contributed by atoms with Crippen LogP contribution in [-0.4, -0.2) is 9.78 Å². The first-order chi connectivity index (χ1) is 8.79. The molecule has 5 heteroatoms. The number of nitrogens with two attached hydrogens (primary N) is 1. The van der Waals surface area contributed by atoms with Crippen LogP contribution in [0.4, 0.5) is 10.1 Å². The van der Waals surface area contributed by atoms with Crippen molar-refractivity contribution in [2.75, 3.05) is 5.73 Å². The molecule has 4 nitrogen and oxygen atoms in total. The largest absolute Gasteiger partial charge is 0.393 e. The van der Waals surface area contributed by atoms with Gasteiger partial charge in [-0.25, -0.2) is 9.07 Å². The van der Waals surface area contributed by atoms with Crippen LogP contribution in [0.5, 0.6) is 0 Å². The predicted octanol–water partition coefficient (Wildman–Crippen LogP) is 2.24. The minimum absolute atomic E-state index is 0.226. The van der Waals surface area contributed by atoms with Crippen molar-refractivity contribution in [3.63, 3.8) is 0 Å². The average Bonchev–Trinajstić information content (AvgIpc) is 2.57. The fourth-order valence-corrected chi connectivity index (χ4v) is 2.00. The molecule has 0 amide bonds. The van der Waals surface area contributed by atoms with Crippen molar-refractivity contribution >= 4 is 5.69 Å². The summed E-state index contributed by atoms with van der Waals surface area (Å²) in [4.78, 5) is 12.0. The molecule has 0 aliphatic rings. The lowest BCUT2D eigenvalue weighted by molar-refractivity contribution is 0.543. The number of rotatable bonds is 2. The second kappa shape index (κ2) is 4.57. The Balaban J connectivity index is 2.40. The number of anilines is 1. The van der Waals surface area contributed by atoms with E-state index in [4.69, 9.17) is 5.73 Å². The highest BCUT2D eigenvalue weighted by Crippen LogP contribution is 2.23. The van der Waals surface area contributed by atoms with Crippen LogP contribution in [-0.2, 0) is 12.0 Å². The van der Waals surface area contributed by atoms with E-state index in [1.807, 2.05) is 20.8 Å². The number of hydrogen-bond acceptors (Lipinski definition) is 2. The summed E-state index contributed by atoms with van der Waals surface area (Å²) in [5, 5.41) is 3.01. The molecule has 0 unspecified atom stereocenters. The van der Waals surface area contributed by atoms with Gasteiger partial charge in [-0.3, -0.25) is 9.89 Å². The minimum Gasteiger partial charge on any atom is -0.393 e. The molecule has 1 aromatic heterocycles. The molecule has 0 bridgehead atoms. The minimum atomic E-state index is -0.318. The van der Waals surface area contributed by atoms with E-state index in [1.54, 1.807) is 12.1 Å². The first-order valence-electron chi connectivity index (χ1n) is 6.12. The number of hydrogen-bond donors (Lipinski definition) is 2. The molecule has 3 N–H and O–H groups in total. The van der Waals surface area contributed by atoms with E-state index >= 15 is 0 Å². The van der Waals surface area contributed by atoms with E-state index in [1.165, 1.54) is 16.8 Å². The Labute approximate surface area is 111 Å². The highest BCUT2D eigenvalue weighted by atomic mass is 19.1. The van der Waals surface area contributed by atoms with Gasteiger partial charge in [0.05, 0.1) is 12.2 Å². The molecule has 0 saturated carbocycles. The molecule has 1 aromatic carbocycles. The maximum atomic E-state index is 13.1. The molecule has 102 valence electrons. The normalized spacial score (nSPS) is 11.8. The Bertz CT molecular complexity index is 649. The third-order valence-corrected chi connectivity index (χ3v) is 2.97. The van der Waals surface area contributed by atoms with Crippen molar-refractivity contribution in [2.45, 2.75) is 32.7 Å². The van der Waals surface area contributed by atoms with Gasteiger partial charge in [-0.15, -0.1) is 0 Å². The van der Waals surface area contributed by atoms with Gasteiger partial charge in [0.1, 0.15) is 11.5 Å². The summed E-state index contributed by atoms with van der Waals surface area (Å²) in [5.41, 5.74) is 6.97. The second-order valence-corrected chi connectivity index (χ2v) is 5.67. The van der Waals surface area contributed by atoms with Crippen LogP contribution in [0.15, 0.2) is 29.1 Å². The van der Waals surface area contributed by atoms with Crippen LogP contribution in [0.2, 0.25) is 0 Å². The maximum absolute atomic E-state index is 13.1. The smallest absolute Gasteiger partial charge is 0.290 e. The van der Waals surface area contributed by atoms with Crippen molar-refractivity contribution in [3.05, 3.63) is 51.7 Å². The van der Waals surface area contributed by atoms with Crippen molar-refractivity contribution in [2.24, 2.45) is 0 Å². The highest BCUT2D eigenvalue weighted by molar-refractivity contribution is 5.44. The van der Waals surface area contributed by atoms with Crippen LogP contribution in [0.25, 0.3) is 0 Å². The standard InChI is InChI=1S/C14H18FN3O/c1-14(2,3)12-11(16)13(19)18(17-12)8-9-5-4-6-10(15)7-9/h4-7,17H,8,16H2,1-3H3. The summed E-state index contributed by atoms with van der Waals surface area (Å²) < 4.78 is 14.5. The number of halogens is 1. The fraction of sp³-hybridized carbons (Fsp3) is 0.357. The van der Waals surface area contributed by atoms with E-state index in [2.05, 4.69) is 5.10 Å². The zero-order valence-electron chi connectivity index (χ0n) is 11.3. The number of aromatic amines is 1. The number of nitrogens with one attached hydrogen (secondary N) is 1. The molecular formula is C14H18FN3O. The van der Waals surface area contributed by atoms with Gasteiger partial charge in [0, 0.05) is 5.41 Å². The third-order valence-electron chi connectivity index (χ3n) is 2.97. The van der Waals surface area contributed by atoms with Crippen LogP contribution >= 0.6 is 0 Å². The van der Waals surface area contributed by atoms with Crippen molar-refractivity contribution in [1.29, 1.82) is 0 Å². The van der Waals surface area contributed by atoms with Gasteiger partial charge in [-0.05, 0) is 17.7 Å². The van der Waals surface area contributed by atoms with Crippen LogP contribution < -0.4 is 11.3 Å². The number of H-pyrrole nitrogens is 1. The Morgan fingerprint density at radius 2 is 2.05 bits per heavy atom. The Morgan fingerprint density at radius 3 is 2.58 bits per heavy atom. The van der Waals surface area contributed by atoms with Crippen molar-refractivity contribution in [3.8, 4) is 0 Å². The molecule has 1 heterocycles. The third kappa shape index (κ3) is 2.70. The number of aromatic nitrogens is 2. The van der Waals surface area contributed by atoms with Crippen LogP contribution in [0, 0.1) is 5.82 Å². The van der Waals surface area contributed by atoms with Gasteiger partial charge < -0.3 is 5.73 Å². The molecule has 0 aliphatic heterocycles. The lowest BCUT2D eigenvalue weighted by Gasteiger charge is -2.16. The SMILES string of the molecule is CC(C)(C)c1[nH]n(Cc2cccc(F)c2)c(=O)c1N.